The molecule has 0 bridgehead atoms. The zero-order valence-corrected chi connectivity index (χ0v) is 13.2. The predicted molar refractivity (Wildman–Crippen MR) is 86.8 cm³/mol. The predicted octanol–water partition coefficient (Wildman–Crippen LogP) is 4.49. The summed E-state index contributed by atoms with van der Waals surface area (Å²) in [5.41, 5.74) is 6.59. The van der Waals surface area contributed by atoms with E-state index in [0.29, 0.717) is 16.5 Å². The number of amides is 1. The third kappa shape index (κ3) is 3.53. The van der Waals surface area contributed by atoms with Gasteiger partial charge in [0.25, 0.3) is 5.91 Å². The Morgan fingerprint density at radius 1 is 1.14 bits per heavy atom. The van der Waals surface area contributed by atoms with Crippen molar-refractivity contribution in [2.45, 2.75) is 0 Å². The Hall–Kier alpha value is -1.62. The number of halogens is 3. The van der Waals surface area contributed by atoms with E-state index < -0.39 is 5.91 Å². The van der Waals surface area contributed by atoms with Crippen molar-refractivity contribution in [3.63, 3.8) is 0 Å². The number of hydrogen-bond donors (Lipinski definition) is 2. The zero-order chi connectivity index (χ0) is 15.6. The van der Waals surface area contributed by atoms with E-state index in [2.05, 4.69) is 5.32 Å². The number of nitrogens with two attached hydrogens (primary N) is 1. The summed E-state index contributed by atoms with van der Waals surface area (Å²) in [5.74, 6) is 0.0831. The molecule has 0 aliphatic heterocycles. The number of carbonyl (C=O) groups excluding carboxylic acids is 1. The van der Waals surface area contributed by atoms with Gasteiger partial charge in [-0.3, -0.25) is 4.79 Å². The summed E-state index contributed by atoms with van der Waals surface area (Å²) in [4.78, 5) is 12.2. The van der Waals surface area contributed by atoms with E-state index in [0.717, 1.165) is 0 Å². The minimum absolute atomic E-state index is 0.214. The van der Waals surface area contributed by atoms with Crippen LogP contribution in [0.3, 0.4) is 0 Å². The number of benzene rings is 2. The lowest BCUT2D eigenvalue weighted by molar-refractivity contribution is 0.102. The summed E-state index contributed by atoms with van der Waals surface area (Å²) in [6.07, 6.45) is 0. The quantitative estimate of drug-likeness (QED) is 0.806. The van der Waals surface area contributed by atoms with Gasteiger partial charge in [0, 0.05) is 10.6 Å². The van der Waals surface area contributed by atoms with Crippen molar-refractivity contribution in [2.24, 2.45) is 0 Å². The molecule has 0 heterocycles. The van der Waals surface area contributed by atoms with Gasteiger partial charge in [0.2, 0.25) is 0 Å². The molecule has 0 atom stereocenters. The fraction of sp³-hybridized carbons (Fsp3) is 0.0714. The molecule has 0 radical (unpaired) electrons. The fourth-order valence-electron chi connectivity index (χ4n) is 1.69. The van der Waals surface area contributed by atoms with Crippen LogP contribution in [-0.2, 0) is 0 Å². The molecule has 0 aliphatic rings. The van der Waals surface area contributed by atoms with Gasteiger partial charge in [-0.05, 0) is 30.3 Å². The lowest BCUT2D eigenvalue weighted by Gasteiger charge is -2.11. The van der Waals surface area contributed by atoms with E-state index in [1.807, 2.05) is 0 Å². The Bertz CT molecular complexity index is 682. The first-order valence-corrected chi connectivity index (χ1v) is 6.95. The molecule has 2 aromatic carbocycles. The number of nitrogens with one attached hydrogen (secondary N) is 1. The van der Waals surface area contributed by atoms with Crippen LogP contribution in [0.2, 0.25) is 15.1 Å². The first kappa shape index (κ1) is 15.8. The maximum absolute atomic E-state index is 12.2. The average molecular weight is 346 g/mol. The van der Waals surface area contributed by atoms with Crippen LogP contribution in [0.25, 0.3) is 0 Å². The van der Waals surface area contributed by atoms with Crippen LogP contribution in [0.5, 0.6) is 5.75 Å². The number of hydrogen-bond acceptors (Lipinski definition) is 3. The largest absolute Gasteiger partial charge is 0.495 e. The maximum Gasteiger partial charge on any atom is 0.255 e. The molecule has 4 nitrogen and oxygen atoms in total. The second kappa shape index (κ2) is 6.43. The Labute approximate surface area is 136 Å². The molecular formula is C14H11Cl3N2O2. The van der Waals surface area contributed by atoms with Gasteiger partial charge in [0.15, 0.2) is 0 Å². The van der Waals surface area contributed by atoms with E-state index in [1.165, 1.54) is 19.2 Å². The molecule has 3 N–H and O–H groups in total. The Morgan fingerprint density at radius 3 is 2.33 bits per heavy atom. The van der Waals surface area contributed by atoms with Gasteiger partial charge in [-0.2, -0.15) is 0 Å². The normalized spacial score (nSPS) is 10.3. The van der Waals surface area contributed by atoms with Crippen molar-refractivity contribution < 1.29 is 9.53 Å². The molecule has 0 fully saturated rings. The van der Waals surface area contributed by atoms with Crippen LogP contribution in [0.4, 0.5) is 11.4 Å². The molecule has 21 heavy (non-hydrogen) atoms. The van der Waals surface area contributed by atoms with Crippen LogP contribution in [-0.4, -0.2) is 13.0 Å². The van der Waals surface area contributed by atoms with Gasteiger partial charge >= 0.3 is 0 Å². The Morgan fingerprint density at radius 2 is 1.76 bits per heavy atom. The number of nitrogen functional groups attached to an aromatic ring is 1. The standard InChI is InChI=1S/C14H11Cl3N2O2/c1-21-12-3-2-8(15)6-11(12)19-14(20)7-4-9(16)13(18)10(17)5-7/h2-6H,18H2,1H3,(H,19,20). The van der Waals surface area contributed by atoms with E-state index in [4.69, 9.17) is 45.3 Å². The summed E-state index contributed by atoms with van der Waals surface area (Å²) in [6, 6.07) is 7.77. The van der Waals surface area contributed by atoms with Crippen molar-refractivity contribution in [3.05, 3.63) is 51.0 Å². The van der Waals surface area contributed by atoms with Gasteiger partial charge in [-0.25, -0.2) is 0 Å². The fourth-order valence-corrected chi connectivity index (χ4v) is 2.35. The highest BCUT2D eigenvalue weighted by molar-refractivity contribution is 6.39. The molecule has 0 aliphatic carbocycles. The molecule has 7 heteroatoms. The van der Waals surface area contributed by atoms with E-state index >= 15 is 0 Å². The third-order valence-electron chi connectivity index (χ3n) is 2.75. The molecule has 2 aromatic rings. The number of rotatable bonds is 3. The van der Waals surface area contributed by atoms with E-state index in [-0.39, 0.29) is 21.3 Å². The van der Waals surface area contributed by atoms with Crippen molar-refractivity contribution in [1.82, 2.24) is 0 Å². The smallest absolute Gasteiger partial charge is 0.255 e. The molecule has 0 saturated heterocycles. The molecule has 0 saturated carbocycles. The van der Waals surface area contributed by atoms with Crippen LogP contribution in [0.15, 0.2) is 30.3 Å². The second-order valence-corrected chi connectivity index (χ2v) is 5.40. The number of carbonyl (C=O) groups is 1. The zero-order valence-electron chi connectivity index (χ0n) is 10.9. The first-order chi connectivity index (χ1) is 9.92. The Balaban J connectivity index is 2.32. The highest BCUT2D eigenvalue weighted by Crippen LogP contribution is 2.31. The van der Waals surface area contributed by atoms with Crippen LogP contribution >= 0.6 is 34.8 Å². The number of ether oxygens (including phenoxy) is 1. The van der Waals surface area contributed by atoms with Gasteiger partial charge in [0.05, 0.1) is 28.5 Å². The van der Waals surface area contributed by atoms with E-state index in [9.17, 15) is 4.79 Å². The molecule has 0 unspecified atom stereocenters. The summed E-state index contributed by atoms with van der Waals surface area (Å²) in [7, 11) is 1.50. The minimum atomic E-state index is -0.403. The topological polar surface area (TPSA) is 64.3 Å². The van der Waals surface area contributed by atoms with Gasteiger partial charge < -0.3 is 15.8 Å². The molecule has 2 rings (SSSR count). The lowest BCUT2D eigenvalue weighted by Crippen LogP contribution is -2.13. The molecule has 1 amide bonds. The van der Waals surface area contributed by atoms with Crippen molar-refractivity contribution in [2.75, 3.05) is 18.2 Å². The summed E-state index contributed by atoms with van der Waals surface area (Å²) in [5, 5.41) is 3.58. The van der Waals surface area contributed by atoms with Crippen molar-refractivity contribution in [3.8, 4) is 5.75 Å². The average Bonchev–Trinajstić information content (AvgIpc) is 2.44. The van der Waals surface area contributed by atoms with Gasteiger partial charge in [0.1, 0.15) is 5.75 Å². The minimum Gasteiger partial charge on any atom is -0.495 e. The first-order valence-electron chi connectivity index (χ1n) is 5.81. The highest BCUT2D eigenvalue weighted by atomic mass is 35.5. The monoisotopic (exact) mass is 344 g/mol. The van der Waals surface area contributed by atoms with E-state index in [1.54, 1.807) is 18.2 Å². The molecule has 110 valence electrons. The number of methoxy groups -OCH3 is 1. The third-order valence-corrected chi connectivity index (χ3v) is 3.61. The SMILES string of the molecule is COc1ccc(Cl)cc1NC(=O)c1cc(Cl)c(N)c(Cl)c1. The van der Waals surface area contributed by atoms with Crippen LogP contribution < -0.4 is 15.8 Å². The van der Waals surface area contributed by atoms with Gasteiger partial charge in [-0.15, -0.1) is 0 Å². The van der Waals surface area contributed by atoms with Gasteiger partial charge in [-0.1, -0.05) is 34.8 Å². The second-order valence-electron chi connectivity index (χ2n) is 4.15. The maximum atomic E-state index is 12.2. The summed E-state index contributed by atoms with van der Waals surface area (Å²) in [6.45, 7) is 0. The summed E-state index contributed by atoms with van der Waals surface area (Å²) < 4.78 is 5.16. The molecule has 0 aromatic heterocycles. The van der Waals surface area contributed by atoms with Crippen LogP contribution in [0.1, 0.15) is 10.4 Å². The Kier molecular flexibility index (Phi) is 4.83. The lowest BCUT2D eigenvalue weighted by atomic mass is 10.2. The number of anilines is 2. The highest BCUT2D eigenvalue weighted by Gasteiger charge is 2.13. The van der Waals surface area contributed by atoms with Crippen LogP contribution in [0, 0.1) is 0 Å². The molecule has 0 spiro atoms. The van der Waals surface area contributed by atoms with Crippen molar-refractivity contribution >= 4 is 52.1 Å². The van der Waals surface area contributed by atoms with Crippen molar-refractivity contribution in [1.29, 1.82) is 0 Å². The summed E-state index contributed by atoms with van der Waals surface area (Å²) >= 11 is 17.7. The molecular weight excluding hydrogens is 335 g/mol.